The van der Waals surface area contributed by atoms with Crippen molar-refractivity contribution >= 4 is 44.8 Å². The first kappa shape index (κ1) is 14.6. The Hall–Kier alpha value is -0.770. The van der Waals surface area contributed by atoms with E-state index in [1.54, 1.807) is 12.1 Å². The van der Waals surface area contributed by atoms with E-state index in [0.717, 1.165) is 15.7 Å². The Labute approximate surface area is 129 Å². The van der Waals surface area contributed by atoms with Crippen LogP contribution in [0.3, 0.4) is 0 Å². The minimum atomic E-state index is -0.309. The largest absolute Gasteiger partial charge is 0.387 e. The van der Waals surface area contributed by atoms with Crippen LogP contribution in [0.5, 0.6) is 0 Å². The topological polar surface area (TPSA) is 12.0 Å². The van der Waals surface area contributed by atoms with E-state index in [1.165, 1.54) is 12.1 Å². The molecule has 0 heterocycles. The molecule has 0 bridgehead atoms. The molecule has 0 aliphatic rings. The van der Waals surface area contributed by atoms with E-state index in [4.69, 9.17) is 23.2 Å². The zero-order chi connectivity index (χ0) is 14.0. The van der Waals surface area contributed by atoms with E-state index < -0.39 is 0 Å². The molecular formula is C14H11BrCl2FN. The number of hydrogen-bond acceptors (Lipinski definition) is 1. The average molecular weight is 363 g/mol. The number of benzene rings is 2. The summed E-state index contributed by atoms with van der Waals surface area (Å²) in [6.45, 7) is 0. The van der Waals surface area contributed by atoms with Crippen LogP contribution < -0.4 is 5.32 Å². The smallest absolute Gasteiger partial charge is 0.123 e. The van der Waals surface area contributed by atoms with Gasteiger partial charge < -0.3 is 5.32 Å². The molecule has 1 N–H and O–H groups in total. The van der Waals surface area contributed by atoms with Crippen LogP contribution in [0.15, 0.2) is 34.8 Å². The van der Waals surface area contributed by atoms with Gasteiger partial charge in [-0.15, -0.1) is 0 Å². The molecule has 0 saturated carbocycles. The summed E-state index contributed by atoms with van der Waals surface area (Å²) in [6.07, 6.45) is 0.463. The van der Waals surface area contributed by atoms with E-state index in [9.17, 15) is 4.39 Å². The molecule has 0 aliphatic heterocycles. The monoisotopic (exact) mass is 361 g/mol. The van der Waals surface area contributed by atoms with Crippen molar-refractivity contribution in [3.8, 4) is 0 Å². The molecule has 0 amide bonds. The third-order valence-corrected chi connectivity index (χ3v) is 4.21. The zero-order valence-electron chi connectivity index (χ0n) is 10.1. The van der Waals surface area contributed by atoms with Crippen LogP contribution in [0.25, 0.3) is 0 Å². The molecule has 0 atom stereocenters. The van der Waals surface area contributed by atoms with Crippen molar-refractivity contribution < 1.29 is 4.39 Å². The average Bonchev–Trinajstić information content (AvgIpc) is 2.38. The van der Waals surface area contributed by atoms with Gasteiger partial charge in [0.2, 0.25) is 0 Å². The number of hydrogen-bond donors (Lipinski definition) is 1. The molecule has 0 fully saturated rings. The maximum atomic E-state index is 13.3. The first-order chi connectivity index (χ1) is 9.02. The summed E-state index contributed by atoms with van der Waals surface area (Å²) in [7, 11) is 1.81. The summed E-state index contributed by atoms with van der Waals surface area (Å²) >= 11 is 15.8. The van der Waals surface area contributed by atoms with Gasteiger partial charge in [-0.25, -0.2) is 4.39 Å². The number of nitrogens with one attached hydrogen (secondary N) is 1. The molecule has 5 heteroatoms. The fourth-order valence-corrected chi connectivity index (χ4v) is 2.88. The normalized spacial score (nSPS) is 10.6. The second-order valence-corrected chi connectivity index (χ2v) is 5.71. The van der Waals surface area contributed by atoms with Crippen molar-refractivity contribution in [2.45, 2.75) is 6.42 Å². The van der Waals surface area contributed by atoms with Gasteiger partial charge in [0.1, 0.15) is 5.82 Å². The van der Waals surface area contributed by atoms with Crippen molar-refractivity contribution in [2.24, 2.45) is 0 Å². The molecule has 19 heavy (non-hydrogen) atoms. The number of rotatable bonds is 3. The highest BCUT2D eigenvalue weighted by atomic mass is 79.9. The Morgan fingerprint density at radius 1 is 1.16 bits per heavy atom. The second-order valence-electron chi connectivity index (χ2n) is 4.05. The van der Waals surface area contributed by atoms with Gasteiger partial charge in [-0.2, -0.15) is 0 Å². The summed E-state index contributed by atoms with van der Waals surface area (Å²) in [5, 5.41) is 4.24. The predicted molar refractivity (Wildman–Crippen MR) is 82.9 cm³/mol. The Morgan fingerprint density at radius 3 is 2.53 bits per heavy atom. The van der Waals surface area contributed by atoms with Crippen LogP contribution in [0, 0.1) is 5.82 Å². The molecule has 0 radical (unpaired) electrons. The van der Waals surface area contributed by atoms with Crippen molar-refractivity contribution in [1.82, 2.24) is 0 Å². The van der Waals surface area contributed by atoms with Crippen molar-refractivity contribution in [3.05, 3.63) is 61.8 Å². The standard InChI is InChI=1S/C14H11BrCl2FN/c1-19-14-10(13(17)5-3-11(14)15)7-8-6-9(18)2-4-12(8)16/h2-6,19H,7H2,1H3. The lowest BCUT2D eigenvalue weighted by Crippen LogP contribution is -2.00. The highest BCUT2D eigenvalue weighted by Crippen LogP contribution is 2.34. The lowest BCUT2D eigenvalue weighted by atomic mass is 10.0. The maximum absolute atomic E-state index is 13.3. The van der Waals surface area contributed by atoms with Gasteiger partial charge in [-0.1, -0.05) is 23.2 Å². The molecule has 2 aromatic carbocycles. The maximum Gasteiger partial charge on any atom is 0.123 e. The van der Waals surface area contributed by atoms with Crippen LogP contribution in [0.4, 0.5) is 10.1 Å². The van der Waals surface area contributed by atoms with E-state index >= 15 is 0 Å². The molecule has 2 aromatic rings. The molecule has 0 aliphatic carbocycles. The zero-order valence-corrected chi connectivity index (χ0v) is 13.2. The predicted octanol–water partition coefficient (Wildman–Crippen LogP) is 5.53. The van der Waals surface area contributed by atoms with Gasteiger partial charge in [-0.3, -0.25) is 0 Å². The Morgan fingerprint density at radius 2 is 1.84 bits per heavy atom. The summed E-state index contributed by atoms with van der Waals surface area (Å²) in [4.78, 5) is 0. The third-order valence-electron chi connectivity index (χ3n) is 2.83. The van der Waals surface area contributed by atoms with Gasteiger partial charge in [0.05, 0.1) is 5.69 Å². The molecule has 0 aromatic heterocycles. The highest BCUT2D eigenvalue weighted by molar-refractivity contribution is 9.10. The summed E-state index contributed by atoms with van der Waals surface area (Å²) < 4.78 is 14.2. The van der Waals surface area contributed by atoms with Gasteiger partial charge in [0.15, 0.2) is 0 Å². The number of halogens is 4. The first-order valence-corrected chi connectivity index (χ1v) is 7.16. The summed E-state index contributed by atoms with van der Waals surface area (Å²) in [6, 6.07) is 7.99. The van der Waals surface area contributed by atoms with Crippen LogP contribution in [-0.2, 0) is 6.42 Å². The molecule has 0 spiro atoms. The first-order valence-electron chi connectivity index (χ1n) is 5.61. The Kier molecular flexibility index (Phi) is 4.71. The van der Waals surface area contributed by atoms with Gasteiger partial charge in [0.25, 0.3) is 0 Å². The fourth-order valence-electron chi connectivity index (χ4n) is 1.91. The van der Waals surface area contributed by atoms with Crippen LogP contribution in [0.2, 0.25) is 10.0 Å². The van der Waals surface area contributed by atoms with E-state index in [2.05, 4.69) is 21.2 Å². The number of anilines is 1. The van der Waals surface area contributed by atoms with Crippen LogP contribution in [-0.4, -0.2) is 7.05 Å². The van der Waals surface area contributed by atoms with Crippen LogP contribution in [0.1, 0.15) is 11.1 Å². The lowest BCUT2D eigenvalue weighted by Gasteiger charge is -2.14. The van der Waals surface area contributed by atoms with Crippen molar-refractivity contribution in [3.63, 3.8) is 0 Å². The van der Waals surface area contributed by atoms with Crippen molar-refractivity contribution in [1.29, 1.82) is 0 Å². The molecular weight excluding hydrogens is 352 g/mol. The minimum absolute atomic E-state index is 0.309. The van der Waals surface area contributed by atoms with Gasteiger partial charge >= 0.3 is 0 Å². The second kappa shape index (κ2) is 6.12. The molecule has 1 nitrogen and oxygen atoms in total. The highest BCUT2D eigenvalue weighted by Gasteiger charge is 2.13. The van der Waals surface area contributed by atoms with Gasteiger partial charge in [0, 0.05) is 28.0 Å². The molecule has 2 rings (SSSR count). The molecule has 0 unspecified atom stereocenters. The fraction of sp³-hybridized carbons (Fsp3) is 0.143. The van der Waals surface area contributed by atoms with E-state index in [-0.39, 0.29) is 5.82 Å². The third kappa shape index (κ3) is 3.22. The molecule has 100 valence electrons. The van der Waals surface area contributed by atoms with E-state index in [1.807, 2.05) is 13.1 Å². The van der Waals surface area contributed by atoms with E-state index in [0.29, 0.717) is 22.0 Å². The van der Waals surface area contributed by atoms with Crippen LogP contribution >= 0.6 is 39.1 Å². The van der Waals surface area contributed by atoms with Gasteiger partial charge in [-0.05, 0) is 57.4 Å². The quantitative estimate of drug-likeness (QED) is 0.757. The molecule has 0 saturated heterocycles. The minimum Gasteiger partial charge on any atom is -0.387 e. The Bertz CT molecular complexity index is 617. The summed E-state index contributed by atoms with van der Waals surface area (Å²) in [5.74, 6) is -0.309. The lowest BCUT2D eigenvalue weighted by molar-refractivity contribution is 0.626. The summed E-state index contributed by atoms with van der Waals surface area (Å²) in [5.41, 5.74) is 2.47. The van der Waals surface area contributed by atoms with Crippen molar-refractivity contribution in [2.75, 3.05) is 12.4 Å². The Balaban J connectivity index is 2.48. The SMILES string of the molecule is CNc1c(Br)ccc(Cl)c1Cc1cc(F)ccc1Cl.